The Labute approximate surface area is 284 Å². The lowest BCUT2D eigenvalue weighted by molar-refractivity contribution is -0.140. The number of urea groups is 1. The average Bonchev–Trinajstić information content (AvgIpc) is 3.37. The number of carbonyl (C=O) groups excluding carboxylic acids is 3. The molecule has 0 bridgehead atoms. The van der Waals surface area contributed by atoms with Gasteiger partial charge in [0.2, 0.25) is 11.8 Å². The van der Waals surface area contributed by atoms with Gasteiger partial charge in [-0.25, -0.2) is 4.79 Å². The van der Waals surface area contributed by atoms with E-state index in [4.69, 9.17) is 22.3 Å². The molecule has 0 aliphatic heterocycles. The van der Waals surface area contributed by atoms with E-state index in [0.717, 1.165) is 5.92 Å². The normalized spacial score (nSPS) is 12.1. The molecule has 0 radical (unpaired) electrons. The summed E-state index contributed by atoms with van der Waals surface area (Å²) in [6, 6.07) is 1.13. The second-order valence-corrected chi connectivity index (χ2v) is 14.6. The lowest BCUT2D eigenvalue weighted by Gasteiger charge is -2.22. The van der Waals surface area contributed by atoms with Gasteiger partial charge in [-0.05, 0) is 51.1 Å². The second-order valence-electron chi connectivity index (χ2n) is 14.6. The van der Waals surface area contributed by atoms with Gasteiger partial charge in [-0.3, -0.25) is 14.4 Å². The molecule has 0 aromatic carbocycles. The van der Waals surface area contributed by atoms with Gasteiger partial charge in [-0.1, -0.05) is 117 Å². The fourth-order valence-corrected chi connectivity index (χ4v) is 1.72. The summed E-state index contributed by atoms with van der Waals surface area (Å²) in [7, 11) is 1.95. The van der Waals surface area contributed by atoms with Gasteiger partial charge in [-0.15, -0.1) is 0 Å². The first-order chi connectivity index (χ1) is 20.6. The van der Waals surface area contributed by atoms with Crippen LogP contribution in [0.1, 0.15) is 143 Å². The molecule has 0 saturated heterocycles. The van der Waals surface area contributed by atoms with Crippen molar-refractivity contribution in [3.63, 3.8) is 0 Å². The van der Waals surface area contributed by atoms with E-state index in [2.05, 4.69) is 64.4 Å². The SMILES string of the molecule is CC(C)C(=O)NC1CCCC1.CC(C)C(=O)O.CC(C)C(C)(C)C.CC(C)C(N)=O.CC(C)N.CC(C)NC(N)=O.CNC(C)C. The summed E-state index contributed by atoms with van der Waals surface area (Å²) >= 11 is 0. The minimum Gasteiger partial charge on any atom is -0.481 e. The highest BCUT2D eigenvalue weighted by Crippen LogP contribution is 2.23. The lowest BCUT2D eigenvalue weighted by atomic mass is 9.84. The number of carboxylic acids is 1. The summed E-state index contributed by atoms with van der Waals surface area (Å²) in [6.45, 7) is 33.8. The van der Waals surface area contributed by atoms with Crippen LogP contribution in [0.4, 0.5) is 4.79 Å². The van der Waals surface area contributed by atoms with Crippen LogP contribution in [0.15, 0.2) is 0 Å². The number of nitrogens with two attached hydrogens (primary N) is 3. The molecule has 11 heteroatoms. The standard InChI is InChI=1S/C9H17NO.C7H16.C4H10N2O.C4H9NO.C4H11N.C4H8O2.C3H9N/c1-7(2)9(11)10-8-5-3-4-6-8;1-6(2)7(3,4)5;1-3(2)6-4(5)7;1-3(2)4(5)6;1-4(2)5-3;1-3(2)4(5)6;1-3(2)4/h7-8H,3-6H2,1-2H3,(H,10,11);6H,1-5H3;3H,1-2H3,(H3,5,6,7);3H,1-2H3,(H2,5,6);4-5H,1-3H3;3H,1-2H3,(H,5,6);3H,4H2,1-2H3. The molecule has 0 spiro atoms. The number of amides is 4. The Morgan fingerprint density at radius 1 is 0.696 bits per heavy atom. The van der Waals surface area contributed by atoms with Gasteiger partial charge in [0.15, 0.2) is 0 Å². The molecule has 0 aromatic rings. The van der Waals surface area contributed by atoms with Crippen molar-refractivity contribution in [2.75, 3.05) is 7.05 Å². The van der Waals surface area contributed by atoms with Crippen molar-refractivity contribution in [2.45, 2.75) is 168 Å². The molecule has 1 saturated carbocycles. The predicted octanol–water partition coefficient (Wildman–Crippen LogP) is 6.28. The smallest absolute Gasteiger partial charge is 0.312 e. The fourth-order valence-electron chi connectivity index (χ4n) is 1.72. The van der Waals surface area contributed by atoms with E-state index in [1.54, 1.807) is 27.7 Å². The molecule has 4 amide bonds. The van der Waals surface area contributed by atoms with E-state index >= 15 is 0 Å². The molecule has 280 valence electrons. The Bertz CT molecular complexity index is 705. The van der Waals surface area contributed by atoms with Crippen LogP contribution in [0.3, 0.4) is 0 Å². The molecule has 1 rings (SSSR count). The Morgan fingerprint density at radius 3 is 1.09 bits per heavy atom. The summed E-state index contributed by atoms with van der Waals surface area (Å²) in [4.78, 5) is 40.7. The van der Waals surface area contributed by atoms with E-state index in [-0.39, 0.29) is 35.6 Å². The molecule has 0 aromatic heterocycles. The van der Waals surface area contributed by atoms with Crippen molar-refractivity contribution in [2.24, 2.45) is 46.3 Å². The number of rotatable bonds is 6. The number of hydrogen-bond donors (Lipinski definition) is 7. The van der Waals surface area contributed by atoms with Gasteiger partial charge in [0, 0.05) is 30.0 Å². The maximum atomic E-state index is 11.2. The van der Waals surface area contributed by atoms with E-state index in [9.17, 15) is 19.2 Å². The molecule has 1 aliphatic rings. The maximum Gasteiger partial charge on any atom is 0.312 e. The Balaban J connectivity index is -0.000000104. The number of carbonyl (C=O) groups is 4. The van der Waals surface area contributed by atoms with Crippen molar-refractivity contribution in [3.05, 3.63) is 0 Å². The monoisotopic (exact) mass is 665 g/mol. The van der Waals surface area contributed by atoms with Crippen LogP contribution in [0, 0.1) is 29.1 Å². The first kappa shape index (κ1) is 56.0. The molecule has 1 fully saturated rings. The van der Waals surface area contributed by atoms with Crippen LogP contribution < -0.4 is 33.2 Å². The van der Waals surface area contributed by atoms with Crippen molar-refractivity contribution in [1.29, 1.82) is 0 Å². The number of primary amides is 2. The van der Waals surface area contributed by atoms with Crippen molar-refractivity contribution in [3.8, 4) is 0 Å². The van der Waals surface area contributed by atoms with Gasteiger partial charge >= 0.3 is 12.0 Å². The molecule has 11 nitrogen and oxygen atoms in total. The summed E-state index contributed by atoms with van der Waals surface area (Å²) in [6.07, 6.45) is 4.92. The topological polar surface area (TPSA) is 203 Å². The number of hydrogen-bond acceptors (Lipinski definition) is 6. The van der Waals surface area contributed by atoms with Crippen molar-refractivity contribution >= 4 is 23.8 Å². The average molecular weight is 665 g/mol. The van der Waals surface area contributed by atoms with Crippen LogP contribution in [0.25, 0.3) is 0 Å². The second kappa shape index (κ2) is 33.9. The third kappa shape index (κ3) is 64.5. The van der Waals surface area contributed by atoms with Crippen LogP contribution in [0.2, 0.25) is 0 Å². The Hall–Kier alpha value is -2.40. The Kier molecular flexibility index (Phi) is 41.3. The zero-order valence-corrected chi connectivity index (χ0v) is 33.3. The van der Waals surface area contributed by atoms with Gasteiger partial charge in [-0.2, -0.15) is 0 Å². The van der Waals surface area contributed by atoms with Crippen LogP contribution >= 0.6 is 0 Å². The lowest BCUT2D eigenvalue weighted by Crippen LogP contribution is -2.35. The predicted molar refractivity (Wildman–Crippen MR) is 197 cm³/mol. The minimum atomic E-state index is -0.741. The molecule has 10 N–H and O–H groups in total. The Morgan fingerprint density at radius 2 is 0.978 bits per heavy atom. The zero-order valence-electron chi connectivity index (χ0n) is 33.3. The number of aliphatic carboxylic acids is 1. The summed E-state index contributed by atoms with van der Waals surface area (Å²) in [5, 5.41) is 16.5. The molecule has 46 heavy (non-hydrogen) atoms. The van der Waals surface area contributed by atoms with Crippen LogP contribution in [-0.2, 0) is 14.4 Å². The highest BCUT2D eigenvalue weighted by Gasteiger charge is 2.18. The molecular formula is C35H80N6O5. The number of carboxylic acid groups (broad SMARTS) is 1. The van der Waals surface area contributed by atoms with E-state index in [0.29, 0.717) is 23.5 Å². The third-order valence-electron chi connectivity index (χ3n) is 6.03. The largest absolute Gasteiger partial charge is 0.481 e. The van der Waals surface area contributed by atoms with Crippen molar-refractivity contribution < 1.29 is 24.3 Å². The van der Waals surface area contributed by atoms with Gasteiger partial charge in [0.25, 0.3) is 0 Å². The first-order valence-corrected chi connectivity index (χ1v) is 16.9. The quantitative estimate of drug-likeness (QED) is 0.173. The van der Waals surface area contributed by atoms with Crippen LogP contribution in [-0.4, -0.2) is 60.1 Å². The first-order valence-electron chi connectivity index (χ1n) is 16.9. The fraction of sp³-hybridized carbons (Fsp3) is 0.886. The van der Waals surface area contributed by atoms with E-state index < -0.39 is 12.0 Å². The van der Waals surface area contributed by atoms with Gasteiger partial charge in [0.05, 0.1) is 5.92 Å². The molecule has 0 atom stereocenters. The van der Waals surface area contributed by atoms with E-state index in [1.807, 2.05) is 48.6 Å². The van der Waals surface area contributed by atoms with Gasteiger partial charge in [0.1, 0.15) is 0 Å². The maximum absolute atomic E-state index is 11.2. The summed E-state index contributed by atoms with van der Waals surface area (Å²) in [5.74, 6) is -0.0833. The molecular weight excluding hydrogens is 584 g/mol. The highest BCUT2D eigenvalue weighted by atomic mass is 16.4. The van der Waals surface area contributed by atoms with Crippen molar-refractivity contribution in [1.82, 2.24) is 16.0 Å². The highest BCUT2D eigenvalue weighted by molar-refractivity contribution is 5.78. The van der Waals surface area contributed by atoms with Crippen LogP contribution in [0.5, 0.6) is 0 Å². The summed E-state index contributed by atoms with van der Waals surface area (Å²) < 4.78 is 0. The zero-order chi connectivity index (χ0) is 38.4. The molecule has 0 heterocycles. The van der Waals surface area contributed by atoms with Gasteiger partial charge < -0.3 is 38.3 Å². The van der Waals surface area contributed by atoms with E-state index in [1.165, 1.54) is 25.7 Å². The number of nitrogens with one attached hydrogen (secondary N) is 3. The minimum absolute atomic E-state index is 0.00926. The molecule has 1 aliphatic carbocycles. The third-order valence-corrected chi connectivity index (χ3v) is 6.03. The molecule has 0 unspecified atom stereocenters. The summed E-state index contributed by atoms with van der Waals surface area (Å²) in [5.41, 5.74) is 15.2.